The van der Waals surface area contributed by atoms with E-state index in [4.69, 9.17) is 4.74 Å². The summed E-state index contributed by atoms with van der Waals surface area (Å²) in [5.41, 5.74) is 1.57. The Kier molecular flexibility index (Phi) is 5.29. The van der Waals surface area contributed by atoms with E-state index in [0.29, 0.717) is 17.7 Å². The first-order valence-corrected chi connectivity index (χ1v) is 6.48. The molecule has 0 saturated heterocycles. The van der Waals surface area contributed by atoms with Crippen LogP contribution in [0, 0.1) is 0 Å². The van der Waals surface area contributed by atoms with Gasteiger partial charge in [0.25, 0.3) is 0 Å². The molecule has 2 rings (SSSR count). The molecule has 0 spiro atoms. The average Bonchev–Trinajstić information content (AvgIpc) is 2.52. The fourth-order valence-electron chi connectivity index (χ4n) is 1.71. The molecule has 0 aliphatic carbocycles. The Morgan fingerprint density at radius 1 is 1.10 bits per heavy atom. The zero-order valence-corrected chi connectivity index (χ0v) is 11.4. The van der Waals surface area contributed by atoms with E-state index in [0.717, 1.165) is 5.56 Å². The van der Waals surface area contributed by atoms with Crippen LogP contribution in [0.5, 0.6) is 5.75 Å². The molecular formula is C17H15NO3. The second-order valence-electron chi connectivity index (χ2n) is 4.24. The number of rotatable bonds is 6. The van der Waals surface area contributed by atoms with Crippen LogP contribution in [0.15, 0.2) is 60.7 Å². The van der Waals surface area contributed by atoms with Gasteiger partial charge in [-0.2, -0.15) is 0 Å². The quantitative estimate of drug-likeness (QED) is 0.654. The SMILES string of the molecule is O=CCOc1cccc(NC(=O)/C=C/c2ccccc2)c1. The van der Waals surface area contributed by atoms with E-state index in [1.165, 1.54) is 6.08 Å². The number of hydrogen-bond acceptors (Lipinski definition) is 3. The second kappa shape index (κ2) is 7.65. The molecule has 106 valence electrons. The van der Waals surface area contributed by atoms with Crippen LogP contribution in [0.1, 0.15) is 5.56 Å². The van der Waals surface area contributed by atoms with Crippen molar-refractivity contribution in [1.82, 2.24) is 0 Å². The lowest BCUT2D eigenvalue weighted by atomic mass is 10.2. The third-order valence-corrected chi connectivity index (χ3v) is 2.65. The lowest BCUT2D eigenvalue weighted by Crippen LogP contribution is -2.08. The van der Waals surface area contributed by atoms with E-state index in [1.54, 1.807) is 30.3 Å². The largest absolute Gasteiger partial charge is 0.486 e. The summed E-state index contributed by atoms with van der Waals surface area (Å²) in [6, 6.07) is 16.4. The fraction of sp³-hybridized carbons (Fsp3) is 0.0588. The average molecular weight is 281 g/mol. The minimum atomic E-state index is -0.230. The van der Waals surface area contributed by atoms with E-state index >= 15 is 0 Å². The summed E-state index contributed by atoms with van der Waals surface area (Å²) < 4.78 is 5.17. The highest BCUT2D eigenvalue weighted by atomic mass is 16.5. The van der Waals surface area contributed by atoms with Crippen molar-refractivity contribution in [2.75, 3.05) is 11.9 Å². The molecule has 1 N–H and O–H groups in total. The van der Waals surface area contributed by atoms with Crippen LogP contribution in [0.2, 0.25) is 0 Å². The Hall–Kier alpha value is -2.88. The lowest BCUT2D eigenvalue weighted by molar-refractivity contribution is -0.112. The summed E-state index contributed by atoms with van der Waals surface area (Å²) in [6.07, 6.45) is 3.88. The van der Waals surface area contributed by atoms with Crippen LogP contribution in [-0.2, 0) is 9.59 Å². The van der Waals surface area contributed by atoms with Crippen LogP contribution in [-0.4, -0.2) is 18.8 Å². The lowest BCUT2D eigenvalue weighted by Gasteiger charge is -2.05. The summed E-state index contributed by atoms with van der Waals surface area (Å²) in [5.74, 6) is 0.304. The van der Waals surface area contributed by atoms with Gasteiger partial charge in [0.15, 0.2) is 6.29 Å². The van der Waals surface area contributed by atoms with Gasteiger partial charge < -0.3 is 10.1 Å². The maximum absolute atomic E-state index is 11.8. The molecule has 0 bridgehead atoms. The summed E-state index contributed by atoms with van der Waals surface area (Å²) in [7, 11) is 0. The first-order chi connectivity index (χ1) is 10.3. The van der Waals surface area contributed by atoms with E-state index in [1.807, 2.05) is 30.3 Å². The maximum Gasteiger partial charge on any atom is 0.248 e. The summed E-state index contributed by atoms with van der Waals surface area (Å²) in [4.78, 5) is 22.1. The van der Waals surface area contributed by atoms with Gasteiger partial charge in [-0.25, -0.2) is 0 Å². The molecule has 4 heteroatoms. The Bertz CT molecular complexity index is 635. The smallest absolute Gasteiger partial charge is 0.248 e. The number of ether oxygens (including phenoxy) is 1. The molecule has 21 heavy (non-hydrogen) atoms. The highest BCUT2D eigenvalue weighted by Crippen LogP contribution is 2.17. The van der Waals surface area contributed by atoms with Crippen molar-refractivity contribution in [3.63, 3.8) is 0 Å². The van der Waals surface area contributed by atoms with Gasteiger partial charge in [0.2, 0.25) is 5.91 Å². The summed E-state index contributed by atoms with van der Waals surface area (Å²) >= 11 is 0. The third kappa shape index (κ3) is 4.95. The van der Waals surface area contributed by atoms with Gasteiger partial charge >= 0.3 is 0 Å². The molecule has 0 fully saturated rings. The predicted octanol–water partition coefficient (Wildman–Crippen LogP) is 2.92. The van der Waals surface area contributed by atoms with Crippen LogP contribution in [0.25, 0.3) is 6.08 Å². The van der Waals surface area contributed by atoms with Crippen molar-refractivity contribution in [2.24, 2.45) is 0 Å². The van der Waals surface area contributed by atoms with Crippen molar-refractivity contribution < 1.29 is 14.3 Å². The molecule has 0 atom stereocenters. The van der Waals surface area contributed by atoms with Gasteiger partial charge in [0.05, 0.1) is 0 Å². The molecule has 0 aromatic heterocycles. The summed E-state index contributed by atoms with van der Waals surface area (Å²) in [5, 5.41) is 2.73. The molecule has 0 unspecified atom stereocenters. The van der Waals surface area contributed by atoms with Gasteiger partial charge in [-0.3, -0.25) is 9.59 Å². The minimum Gasteiger partial charge on any atom is -0.486 e. The first kappa shape index (κ1) is 14.5. The van der Waals surface area contributed by atoms with E-state index in [9.17, 15) is 9.59 Å². The molecule has 0 aliphatic heterocycles. The third-order valence-electron chi connectivity index (χ3n) is 2.65. The van der Waals surface area contributed by atoms with E-state index < -0.39 is 0 Å². The zero-order chi connectivity index (χ0) is 14.9. The zero-order valence-electron chi connectivity index (χ0n) is 11.4. The van der Waals surface area contributed by atoms with Gasteiger partial charge in [-0.1, -0.05) is 36.4 Å². The van der Waals surface area contributed by atoms with Crippen molar-refractivity contribution in [3.05, 3.63) is 66.2 Å². The highest BCUT2D eigenvalue weighted by Gasteiger charge is 2.00. The van der Waals surface area contributed by atoms with Gasteiger partial charge in [0, 0.05) is 17.8 Å². The Morgan fingerprint density at radius 2 is 1.90 bits per heavy atom. The van der Waals surface area contributed by atoms with Crippen molar-refractivity contribution in [3.8, 4) is 5.75 Å². The van der Waals surface area contributed by atoms with Crippen LogP contribution in [0.4, 0.5) is 5.69 Å². The standard InChI is InChI=1S/C17H15NO3/c19-11-12-21-16-8-4-7-15(13-16)18-17(20)10-9-14-5-2-1-3-6-14/h1-11,13H,12H2,(H,18,20)/b10-9+. The molecule has 2 aromatic carbocycles. The van der Waals surface area contributed by atoms with E-state index in [-0.39, 0.29) is 12.5 Å². The number of aldehydes is 1. The minimum absolute atomic E-state index is 0.00862. The molecule has 2 aromatic rings. The number of carbonyl (C=O) groups is 2. The van der Waals surface area contributed by atoms with Crippen LogP contribution >= 0.6 is 0 Å². The first-order valence-electron chi connectivity index (χ1n) is 6.48. The summed E-state index contributed by atoms with van der Waals surface area (Å²) in [6.45, 7) is -0.00862. The fourth-order valence-corrected chi connectivity index (χ4v) is 1.71. The normalized spacial score (nSPS) is 10.3. The molecule has 0 radical (unpaired) electrons. The molecule has 0 heterocycles. The van der Waals surface area contributed by atoms with Crippen molar-refractivity contribution in [2.45, 2.75) is 0 Å². The number of benzene rings is 2. The number of amides is 1. The topological polar surface area (TPSA) is 55.4 Å². The highest BCUT2D eigenvalue weighted by molar-refractivity contribution is 6.02. The number of carbonyl (C=O) groups excluding carboxylic acids is 2. The Labute approximate surface area is 123 Å². The van der Waals surface area contributed by atoms with Crippen LogP contribution < -0.4 is 10.1 Å². The van der Waals surface area contributed by atoms with Crippen molar-refractivity contribution in [1.29, 1.82) is 0 Å². The van der Waals surface area contributed by atoms with Gasteiger partial charge in [-0.15, -0.1) is 0 Å². The van der Waals surface area contributed by atoms with Gasteiger partial charge in [0.1, 0.15) is 12.4 Å². The molecule has 0 aliphatic rings. The Balaban J connectivity index is 1.96. The molecule has 0 saturated carbocycles. The molecule has 4 nitrogen and oxygen atoms in total. The second-order valence-corrected chi connectivity index (χ2v) is 4.24. The maximum atomic E-state index is 11.8. The number of hydrogen-bond donors (Lipinski definition) is 1. The monoisotopic (exact) mass is 281 g/mol. The molecular weight excluding hydrogens is 266 g/mol. The predicted molar refractivity (Wildman–Crippen MR) is 82.1 cm³/mol. The Morgan fingerprint density at radius 3 is 2.67 bits per heavy atom. The van der Waals surface area contributed by atoms with Gasteiger partial charge in [-0.05, 0) is 23.8 Å². The van der Waals surface area contributed by atoms with E-state index in [2.05, 4.69) is 5.32 Å². The van der Waals surface area contributed by atoms with Crippen LogP contribution in [0.3, 0.4) is 0 Å². The number of nitrogens with one attached hydrogen (secondary N) is 1. The van der Waals surface area contributed by atoms with Crippen molar-refractivity contribution >= 4 is 24.0 Å². The number of anilines is 1. The molecule has 1 amide bonds.